The molecule has 0 atom stereocenters. The minimum absolute atomic E-state index is 0.418. The van der Waals surface area contributed by atoms with Crippen LogP contribution in [0.4, 0.5) is 14.5 Å². The monoisotopic (exact) mass is 399 g/mol. The van der Waals surface area contributed by atoms with E-state index in [4.69, 9.17) is 16.2 Å². The standard InChI is InChI=1S/C21H23F2N5O/c22-21(23,14-29)13-28-11-16-1-2-19(7-17(16)12-28)27-6-3-15-10-26-5-4-20(15)18(8-24)9-25/h1-10,24,27,29H,11-14,25H2/b6-3+,18-9+,24-8?. The third kappa shape index (κ3) is 5.04. The van der Waals surface area contributed by atoms with Crippen LogP contribution in [0.25, 0.3) is 11.6 Å². The predicted molar refractivity (Wildman–Crippen MR) is 110 cm³/mol. The highest BCUT2D eigenvalue weighted by Gasteiger charge is 2.33. The number of pyridine rings is 1. The molecule has 0 radical (unpaired) electrons. The van der Waals surface area contributed by atoms with Gasteiger partial charge in [0, 0.05) is 60.9 Å². The number of fused-ring (bicyclic) bond motifs is 1. The van der Waals surface area contributed by atoms with Crippen LogP contribution in [0.2, 0.25) is 0 Å². The third-order valence-corrected chi connectivity index (χ3v) is 4.69. The van der Waals surface area contributed by atoms with Gasteiger partial charge in [0.25, 0.3) is 5.92 Å². The van der Waals surface area contributed by atoms with Crippen molar-refractivity contribution in [3.8, 4) is 0 Å². The van der Waals surface area contributed by atoms with Crippen molar-refractivity contribution in [2.75, 3.05) is 18.5 Å². The van der Waals surface area contributed by atoms with Crippen LogP contribution < -0.4 is 11.1 Å². The van der Waals surface area contributed by atoms with Crippen molar-refractivity contribution in [3.05, 3.63) is 71.3 Å². The first-order valence-electron chi connectivity index (χ1n) is 9.08. The molecule has 2 aromatic rings. The lowest BCUT2D eigenvalue weighted by Crippen LogP contribution is -2.36. The molecular weight excluding hydrogens is 376 g/mol. The number of nitrogens with one attached hydrogen (secondary N) is 2. The summed E-state index contributed by atoms with van der Waals surface area (Å²) in [5.74, 6) is -3.10. The van der Waals surface area contributed by atoms with Crippen molar-refractivity contribution in [3.63, 3.8) is 0 Å². The Balaban J connectivity index is 1.68. The number of aliphatic hydroxyl groups is 1. The van der Waals surface area contributed by atoms with Crippen molar-refractivity contribution < 1.29 is 13.9 Å². The summed E-state index contributed by atoms with van der Waals surface area (Å²) in [7, 11) is 0. The molecule has 6 nitrogen and oxygen atoms in total. The Bertz CT molecular complexity index is 942. The molecule has 0 unspecified atom stereocenters. The topological polar surface area (TPSA) is 98.3 Å². The molecule has 0 fully saturated rings. The van der Waals surface area contributed by atoms with E-state index in [0.717, 1.165) is 27.9 Å². The van der Waals surface area contributed by atoms with Crippen molar-refractivity contribution in [1.29, 1.82) is 5.41 Å². The highest BCUT2D eigenvalue weighted by Crippen LogP contribution is 2.28. The molecule has 1 aliphatic rings. The van der Waals surface area contributed by atoms with Gasteiger partial charge in [-0.15, -0.1) is 0 Å². The minimum Gasteiger partial charge on any atom is -0.404 e. The molecule has 1 aliphatic heterocycles. The smallest absolute Gasteiger partial charge is 0.283 e. The second-order valence-electron chi connectivity index (χ2n) is 6.85. The van der Waals surface area contributed by atoms with E-state index in [0.29, 0.717) is 18.7 Å². The highest BCUT2D eigenvalue weighted by atomic mass is 19.3. The molecule has 0 bridgehead atoms. The van der Waals surface area contributed by atoms with Gasteiger partial charge in [-0.2, -0.15) is 0 Å². The molecule has 8 heteroatoms. The zero-order chi connectivity index (χ0) is 20.9. The Morgan fingerprint density at radius 2 is 2.10 bits per heavy atom. The first-order chi connectivity index (χ1) is 14.0. The Morgan fingerprint density at radius 3 is 2.83 bits per heavy atom. The fourth-order valence-corrected chi connectivity index (χ4v) is 3.29. The number of allylic oxidation sites excluding steroid dienone is 1. The van der Waals surface area contributed by atoms with Crippen molar-refractivity contribution >= 4 is 23.6 Å². The summed E-state index contributed by atoms with van der Waals surface area (Å²) in [4.78, 5) is 5.73. The van der Waals surface area contributed by atoms with Gasteiger partial charge in [-0.1, -0.05) is 6.07 Å². The zero-order valence-electron chi connectivity index (χ0n) is 15.8. The largest absolute Gasteiger partial charge is 0.404 e. The molecule has 5 N–H and O–H groups in total. The van der Waals surface area contributed by atoms with Crippen LogP contribution in [0.5, 0.6) is 0 Å². The average molecular weight is 399 g/mol. The van der Waals surface area contributed by atoms with Gasteiger partial charge in [0.1, 0.15) is 6.61 Å². The summed E-state index contributed by atoms with van der Waals surface area (Å²) in [6, 6.07) is 7.53. The fraction of sp³-hybridized carbons (Fsp3) is 0.238. The molecule has 0 spiro atoms. The van der Waals surface area contributed by atoms with Crippen LogP contribution in [-0.4, -0.2) is 40.3 Å². The number of aromatic nitrogens is 1. The van der Waals surface area contributed by atoms with Crippen LogP contribution in [0.3, 0.4) is 0 Å². The lowest BCUT2D eigenvalue weighted by atomic mass is 10.0. The summed E-state index contributed by atoms with van der Waals surface area (Å²) < 4.78 is 26.9. The number of anilines is 1. The number of aliphatic hydroxyl groups excluding tert-OH is 1. The molecule has 0 saturated heterocycles. The number of alkyl halides is 2. The number of rotatable bonds is 8. The van der Waals surface area contributed by atoms with E-state index in [1.807, 2.05) is 24.3 Å². The first kappa shape index (κ1) is 20.6. The summed E-state index contributed by atoms with van der Waals surface area (Å²) in [6.07, 6.45) is 9.47. The van der Waals surface area contributed by atoms with Crippen LogP contribution in [0.1, 0.15) is 22.3 Å². The SMILES string of the molecule is N=C/C(=C\N)c1ccncc1/C=C/Nc1ccc2c(c1)CN(CC(F)(F)CO)C2. The van der Waals surface area contributed by atoms with Gasteiger partial charge in [0.2, 0.25) is 0 Å². The number of halogens is 2. The normalized spacial score (nSPS) is 14.9. The molecule has 2 heterocycles. The Morgan fingerprint density at radius 1 is 1.31 bits per heavy atom. The molecule has 0 saturated carbocycles. The van der Waals surface area contributed by atoms with E-state index in [1.54, 1.807) is 29.6 Å². The quantitative estimate of drug-likeness (QED) is 0.512. The van der Waals surface area contributed by atoms with Gasteiger partial charge >= 0.3 is 0 Å². The van der Waals surface area contributed by atoms with Crippen LogP contribution in [0.15, 0.2) is 49.1 Å². The van der Waals surface area contributed by atoms with E-state index >= 15 is 0 Å². The van der Waals surface area contributed by atoms with E-state index < -0.39 is 19.1 Å². The maximum absolute atomic E-state index is 13.4. The van der Waals surface area contributed by atoms with Gasteiger partial charge in [-0.25, -0.2) is 8.78 Å². The summed E-state index contributed by atoms with van der Waals surface area (Å²) >= 11 is 0. The van der Waals surface area contributed by atoms with Crippen LogP contribution >= 0.6 is 0 Å². The van der Waals surface area contributed by atoms with Gasteiger partial charge in [0.05, 0.1) is 6.54 Å². The van der Waals surface area contributed by atoms with Gasteiger partial charge in [-0.05, 0) is 41.0 Å². The zero-order valence-corrected chi connectivity index (χ0v) is 15.8. The van der Waals surface area contributed by atoms with Crippen molar-refractivity contribution in [2.45, 2.75) is 19.0 Å². The summed E-state index contributed by atoms with van der Waals surface area (Å²) in [5.41, 5.74) is 10.6. The van der Waals surface area contributed by atoms with Crippen LogP contribution in [0, 0.1) is 5.41 Å². The third-order valence-electron chi connectivity index (χ3n) is 4.69. The summed E-state index contributed by atoms with van der Waals surface area (Å²) in [5, 5.41) is 19.4. The summed E-state index contributed by atoms with van der Waals surface area (Å²) in [6.45, 7) is -0.750. The van der Waals surface area contributed by atoms with E-state index in [1.165, 1.54) is 12.4 Å². The second kappa shape index (κ2) is 8.93. The molecule has 1 aromatic carbocycles. The van der Waals surface area contributed by atoms with E-state index in [9.17, 15) is 8.78 Å². The predicted octanol–water partition coefficient (Wildman–Crippen LogP) is 3.06. The van der Waals surface area contributed by atoms with E-state index in [-0.39, 0.29) is 0 Å². The van der Waals surface area contributed by atoms with Crippen molar-refractivity contribution in [2.24, 2.45) is 5.73 Å². The van der Waals surface area contributed by atoms with Gasteiger partial charge in [0.15, 0.2) is 0 Å². The minimum atomic E-state index is -3.10. The molecule has 0 aliphatic carbocycles. The van der Waals surface area contributed by atoms with Crippen LogP contribution in [-0.2, 0) is 13.1 Å². The number of hydrogen-bond acceptors (Lipinski definition) is 6. The molecule has 29 heavy (non-hydrogen) atoms. The lowest BCUT2D eigenvalue weighted by Gasteiger charge is -2.21. The molecule has 1 aromatic heterocycles. The lowest BCUT2D eigenvalue weighted by molar-refractivity contribution is -0.0738. The Kier molecular flexibility index (Phi) is 6.36. The molecule has 3 rings (SSSR count). The maximum atomic E-state index is 13.4. The number of hydrogen-bond donors (Lipinski definition) is 4. The van der Waals surface area contributed by atoms with E-state index in [2.05, 4.69) is 10.3 Å². The number of nitrogens with zero attached hydrogens (tertiary/aromatic N) is 2. The maximum Gasteiger partial charge on any atom is 0.283 e. The number of benzene rings is 1. The Labute approximate surface area is 167 Å². The number of nitrogens with two attached hydrogens (primary N) is 1. The molecule has 0 amide bonds. The first-order valence-corrected chi connectivity index (χ1v) is 9.08. The highest BCUT2D eigenvalue weighted by molar-refractivity contribution is 6.09. The van der Waals surface area contributed by atoms with Crippen molar-refractivity contribution in [1.82, 2.24) is 9.88 Å². The van der Waals surface area contributed by atoms with Gasteiger partial charge in [-0.3, -0.25) is 9.88 Å². The molecular formula is C21H23F2N5O. The fourth-order valence-electron chi connectivity index (χ4n) is 3.29. The van der Waals surface area contributed by atoms with Gasteiger partial charge < -0.3 is 21.6 Å². The average Bonchev–Trinajstić information content (AvgIpc) is 3.10. The second-order valence-corrected chi connectivity index (χ2v) is 6.85. The Hall–Kier alpha value is -3.10. The molecule has 152 valence electrons.